The zero-order valence-electron chi connectivity index (χ0n) is 11.3. The molecule has 5 nitrogen and oxygen atoms in total. The molecule has 9 heteroatoms. The number of aliphatic imine (C=N–C) groups is 1. The molecule has 22 heavy (non-hydrogen) atoms. The summed E-state index contributed by atoms with van der Waals surface area (Å²) >= 11 is 12.7. The first-order valence-electron chi connectivity index (χ1n) is 6.49. The molecule has 118 valence electrons. The van der Waals surface area contributed by atoms with Gasteiger partial charge in [0.2, 0.25) is 0 Å². The van der Waals surface area contributed by atoms with Crippen molar-refractivity contribution in [3.63, 3.8) is 0 Å². The van der Waals surface area contributed by atoms with Crippen LogP contribution in [0.2, 0.25) is 5.02 Å². The van der Waals surface area contributed by atoms with Gasteiger partial charge in [-0.15, -0.1) is 11.6 Å². The van der Waals surface area contributed by atoms with E-state index in [9.17, 15) is 13.2 Å². The van der Waals surface area contributed by atoms with Crippen molar-refractivity contribution >= 4 is 61.6 Å². The maximum absolute atomic E-state index is 11.9. The number of fused-ring (bicyclic) bond motifs is 1. The van der Waals surface area contributed by atoms with Crippen molar-refractivity contribution < 1.29 is 13.2 Å². The van der Waals surface area contributed by atoms with Gasteiger partial charge in [0.05, 0.1) is 17.5 Å². The van der Waals surface area contributed by atoms with Crippen LogP contribution in [-0.4, -0.2) is 48.2 Å². The number of alkyl halides is 1. The van der Waals surface area contributed by atoms with Gasteiger partial charge in [0.1, 0.15) is 5.88 Å². The van der Waals surface area contributed by atoms with Crippen molar-refractivity contribution in [2.45, 2.75) is 11.3 Å². The van der Waals surface area contributed by atoms with Crippen LogP contribution >= 0.6 is 35.0 Å². The lowest BCUT2D eigenvalue weighted by Crippen LogP contribution is -2.37. The Morgan fingerprint density at radius 3 is 2.64 bits per heavy atom. The van der Waals surface area contributed by atoms with Crippen LogP contribution in [0, 0.1) is 0 Å². The SMILES string of the molecule is O=C(CCl)N=C1S[C@H]2CS(=O)(=O)C[C@H]2N1c1ccc(Cl)cc1. The highest BCUT2D eigenvalue weighted by Gasteiger charge is 2.49. The summed E-state index contributed by atoms with van der Waals surface area (Å²) in [5.74, 6) is -0.487. The Labute approximate surface area is 142 Å². The minimum atomic E-state index is -3.07. The Hall–Kier alpha value is -0.760. The summed E-state index contributed by atoms with van der Waals surface area (Å²) in [7, 11) is -3.07. The van der Waals surface area contributed by atoms with Crippen molar-refractivity contribution in [3.05, 3.63) is 29.3 Å². The number of thioether (sulfide) groups is 1. The molecule has 2 heterocycles. The van der Waals surface area contributed by atoms with Gasteiger partial charge in [0.25, 0.3) is 5.91 Å². The first-order valence-corrected chi connectivity index (χ1v) is 10.1. The molecule has 0 bridgehead atoms. The molecule has 2 fully saturated rings. The lowest BCUT2D eigenvalue weighted by molar-refractivity contribution is -0.115. The topological polar surface area (TPSA) is 66.8 Å². The summed E-state index contributed by atoms with van der Waals surface area (Å²) in [6, 6.07) is 6.80. The van der Waals surface area contributed by atoms with Crippen LogP contribution in [-0.2, 0) is 14.6 Å². The van der Waals surface area contributed by atoms with Crippen LogP contribution in [0.25, 0.3) is 0 Å². The molecule has 3 rings (SSSR count). The molecule has 0 unspecified atom stereocenters. The number of rotatable bonds is 2. The monoisotopic (exact) mass is 378 g/mol. The Kier molecular flexibility index (Phi) is 4.42. The lowest BCUT2D eigenvalue weighted by atomic mass is 10.2. The van der Waals surface area contributed by atoms with E-state index in [1.165, 1.54) is 11.8 Å². The number of nitrogens with zero attached hydrogens (tertiary/aromatic N) is 2. The molecule has 2 atom stereocenters. The second kappa shape index (κ2) is 6.03. The minimum Gasteiger partial charge on any atom is -0.316 e. The van der Waals surface area contributed by atoms with Crippen molar-refractivity contribution in [3.8, 4) is 0 Å². The standard InChI is InChI=1S/C13H12Cl2N2O3S2/c14-5-12(18)16-13-17(9-3-1-8(15)2-4-9)10-6-22(19,20)7-11(10)21-13/h1-4,10-11H,5-7H2/t10-,11+/m1/s1. The third kappa shape index (κ3) is 3.13. The average molecular weight is 379 g/mol. The number of carbonyl (C=O) groups is 1. The fourth-order valence-corrected chi connectivity index (χ4v) is 6.72. The van der Waals surface area contributed by atoms with Crippen LogP contribution < -0.4 is 4.90 Å². The molecule has 2 aliphatic heterocycles. The highest BCUT2D eigenvalue weighted by molar-refractivity contribution is 8.16. The Bertz CT molecular complexity index is 734. The summed E-state index contributed by atoms with van der Waals surface area (Å²) in [5.41, 5.74) is 0.766. The predicted molar refractivity (Wildman–Crippen MR) is 90.9 cm³/mol. The van der Waals surface area contributed by atoms with Gasteiger partial charge in [-0.25, -0.2) is 8.42 Å². The van der Waals surface area contributed by atoms with Crippen LogP contribution in [0.4, 0.5) is 5.69 Å². The van der Waals surface area contributed by atoms with Gasteiger partial charge in [-0.05, 0) is 24.3 Å². The molecule has 0 saturated carbocycles. The van der Waals surface area contributed by atoms with Crippen LogP contribution in [0.5, 0.6) is 0 Å². The quantitative estimate of drug-likeness (QED) is 0.737. The van der Waals surface area contributed by atoms with Gasteiger partial charge in [0.15, 0.2) is 15.0 Å². The average Bonchev–Trinajstić information content (AvgIpc) is 2.91. The number of amides is 1. The highest BCUT2D eigenvalue weighted by Crippen LogP contribution is 2.41. The molecule has 1 aromatic carbocycles. The summed E-state index contributed by atoms with van der Waals surface area (Å²) in [6.07, 6.45) is 0. The normalized spacial score (nSPS) is 28.1. The van der Waals surface area contributed by atoms with E-state index in [0.717, 1.165) is 5.69 Å². The van der Waals surface area contributed by atoms with E-state index in [4.69, 9.17) is 23.2 Å². The third-order valence-corrected chi connectivity index (χ3v) is 7.20. The Balaban J connectivity index is 2.01. The lowest BCUT2D eigenvalue weighted by Gasteiger charge is -2.24. The molecule has 0 spiro atoms. The number of benzene rings is 1. The molecule has 0 radical (unpaired) electrons. The molecule has 0 aliphatic carbocycles. The second-order valence-electron chi connectivity index (χ2n) is 5.07. The zero-order chi connectivity index (χ0) is 15.9. The number of anilines is 1. The van der Waals surface area contributed by atoms with Crippen LogP contribution in [0.3, 0.4) is 0 Å². The zero-order valence-corrected chi connectivity index (χ0v) is 14.4. The third-order valence-electron chi connectivity index (χ3n) is 3.51. The molecular weight excluding hydrogens is 367 g/mol. The van der Waals surface area contributed by atoms with Gasteiger partial charge >= 0.3 is 0 Å². The van der Waals surface area contributed by atoms with E-state index >= 15 is 0 Å². The molecule has 2 saturated heterocycles. The summed E-state index contributed by atoms with van der Waals surface area (Å²) in [6.45, 7) is 0. The van der Waals surface area contributed by atoms with Crippen LogP contribution in [0.15, 0.2) is 29.3 Å². The van der Waals surface area contributed by atoms with E-state index in [2.05, 4.69) is 4.99 Å². The predicted octanol–water partition coefficient (Wildman–Crippen LogP) is 2.18. The fourth-order valence-electron chi connectivity index (χ4n) is 2.60. The smallest absolute Gasteiger partial charge is 0.262 e. The van der Waals surface area contributed by atoms with E-state index in [0.29, 0.717) is 10.2 Å². The number of carbonyl (C=O) groups excluding carboxylic acids is 1. The summed E-state index contributed by atoms with van der Waals surface area (Å²) in [5, 5.41) is 0.960. The fraction of sp³-hybridized carbons (Fsp3) is 0.385. The van der Waals surface area contributed by atoms with Crippen molar-refractivity contribution in [2.75, 3.05) is 22.3 Å². The van der Waals surface area contributed by atoms with Gasteiger partial charge < -0.3 is 4.90 Å². The number of amidine groups is 1. The van der Waals surface area contributed by atoms with Gasteiger partial charge in [-0.2, -0.15) is 4.99 Å². The second-order valence-corrected chi connectivity index (χ2v) is 9.13. The maximum Gasteiger partial charge on any atom is 0.262 e. The molecule has 0 aromatic heterocycles. The highest BCUT2D eigenvalue weighted by atomic mass is 35.5. The van der Waals surface area contributed by atoms with Crippen molar-refractivity contribution in [1.29, 1.82) is 0 Å². The van der Waals surface area contributed by atoms with Gasteiger partial charge in [0, 0.05) is 16.0 Å². The van der Waals surface area contributed by atoms with E-state index < -0.39 is 15.7 Å². The summed E-state index contributed by atoms with van der Waals surface area (Å²) < 4.78 is 23.7. The molecule has 2 aliphatic rings. The molecular formula is C13H12Cl2N2O3S2. The van der Waals surface area contributed by atoms with E-state index in [1.54, 1.807) is 29.2 Å². The van der Waals surface area contributed by atoms with E-state index in [1.807, 2.05) is 0 Å². The largest absolute Gasteiger partial charge is 0.316 e. The Morgan fingerprint density at radius 2 is 2.00 bits per heavy atom. The number of sulfone groups is 1. The van der Waals surface area contributed by atoms with Gasteiger partial charge in [-0.3, -0.25) is 4.79 Å². The molecule has 1 amide bonds. The number of hydrogen-bond donors (Lipinski definition) is 0. The van der Waals surface area contributed by atoms with Crippen molar-refractivity contribution in [1.82, 2.24) is 0 Å². The molecule has 0 N–H and O–H groups in total. The molecule has 1 aromatic rings. The number of halogens is 2. The first kappa shape index (κ1) is 16.1. The first-order chi connectivity index (χ1) is 10.4. The minimum absolute atomic E-state index is 0.0569. The maximum atomic E-state index is 11.9. The Morgan fingerprint density at radius 1 is 1.32 bits per heavy atom. The van der Waals surface area contributed by atoms with Gasteiger partial charge in [-0.1, -0.05) is 23.4 Å². The van der Waals surface area contributed by atoms with Crippen molar-refractivity contribution in [2.24, 2.45) is 4.99 Å². The van der Waals surface area contributed by atoms with Crippen LogP contribution in [0.1, 0.15) is 0 Å². The van der Waals surface area contributed by atoms with E-state index in [-0.39, 0.29) is 28.7 Å². The summed E-state index contributed by atoms with van der Waals surface area (Å²) in [4.78, 5) is 17.4. The number of hydrogen-bond acceptors (Lipinski definition) is 4.